The van der Waals surface area contributed by atoms with Gasteiger partial charge in [-0.15, -0.1) is 0 Å². The van der Waals surface area contributed by atoms with E-state index in [0.717, 1.165) is 11.1 Å². The van der Waals surface area contributed by atoms with Crippen molar-refractivity contribution >= 4 is 11.6 Å². The van der Waals surface area contributed by atoms with E-state index in [4.69, 9.17) is 0 Å². The first-order valence-electron chi connectivity index (χ1n) is 8.17. The van der Waals surface area contributed by atoms with Crippen LogP contribution < -0.4 is 5.32 Å². The maximum absolute atomic E-state index is 13.1. The summed E-state index contributed by atoms with van der Waals surface area (Å²) < 4.78 is 13.1. The van der Waals surface area contributed by atoms with Crippen molar-refractivity contribution in [2.45, 2.75) is 0 Å². The Balaban J connectivity index is 1.78. The van der Waals surface area contributed by atoms with Crippen molar-refractivity contribution in [2.75, 3.05) is 5.32 Å². The third-order valence-corrected chi connectivity index (χ3v) is 3.80. The monoisotopic (exact) mass is 342 g/mol. The summed E-state index contributed by atoms with van der Waals surface area (Å²) in [4.78, 5) is 13.6. The molecule has 1 N–H and O–H groups in total. The Morgan fingerprint density at radius 3 is 1.58 bits per heavy atom. The minimum Gasteiger partial charge on any atom is -0.324 e. The zero-order valence-electron chi connectivity index (χ0n) is 13.8. The highest BCUT2D eigenvalue weighted by atomic mass is 19.1. The van der Waals surface area contributed by atoms with Crippen LogP contribution in [-0.4, -0.2) is 15.0 Å². The molecule has 0 aliphatic rings. The van der Waals surface area contributed by atoms with Gasteiger partial charge in [0.2, 0.25) is 5.95 Å². The van der Waals surface area contributed by atoms with E-state index in [1.807, 2.05) is 60.7 Å². The lowest BCUT2D eigenvalue weighted by molar-refractivity contribution is 0.628. The van der Waals surface area contributed by atoms with Gasteiger partial charge in [-0.05, 0) is 24.3 Å². The van der Waals surface area contributed by atoms with E-state index in [2.05, 4.69) is 20.3 Å². The Morgan fingerprint density at radius 2 is 1.08 bits per heavy atom. The SMILES string of the molecule is Fc1ccc(Nc2nc(-c3ccccc3)nc(-c3ccccc3)n2)cc1. The van der Waals surface area contributed by atoms with Gasteiger partial charge in [-0.2, -0.15) is 9.97 Å². The topological polar surface area (TPSA) is 50.7 Å². The first-order valence-corrected chi connectivity index (χ1v) is 8.17. The van der Waals surface area contributed by atoms with Crippen molar-refractivity contribution in [3.63, 3.8) is 0 Å². The van der Waals surface area contributed by atoms with Gasteiger partial charge < -0.3 is 5.32 Å². The van der Waals surface area contributed by atoms with Crippen molar-refractivity contribution in [3.8, 4) is 22.8 Å². The molecule has 1 aromatic heterocycles. The standard InChI is InChI=1S/C21H15FN4/c22-17-11-13-18(14-12-17)23-21-25-19(15-7-3-1-4-8-15)24-20(26-21)16-9-5-2-6-10-16/h1-14H,(H,23,24,25,26). The first-order chi connectivity index (χ1) is 12.8. The Kier molecular flexibility index (Phi) is 4.35. The van der Waals surface area contributed by atoms with E-state index in [9.17, 15) is 4.39 Å². The highest BCUT2D eigenvalue weighted by molar-refractivity contribution is 5.64. The van der Waals surface area contributed by atoms with Gasteiger partial charge in [0, 0.05) is 16.8 Å². The van der Waals surface area contributed by atoms with Crippen molar-refractivity contribution in [3.05, 3.63) is 90.7 Å². The fourth-order valence-corrected chi connectivity index (χ4v) is 2.53. The lowest BCUT2D eigenvalue weighted by atomic mass is 10.2. The molecule has 126 valence electrons. The molecule has 0 aliphatic carbocycles. The van der Waals surface area contributed by atoms with Crippen LogP contribution in [0.1, 0.15) is 0 Å². The number of hydrogen-bond acceptors (Lipinski definition) is 4. The molecule has 0 spiro atoms. The highest BCUT2D eigenvalue weighted by Crippen LogP contribution is 2.23. The van der Waals surface area contributed by atoms with Crippen LogP contribution in [0, 0.1) is 5.82 Å². The van der Waals surface area contributed by atoms with Gasteiger partial charge >= 0.3 is 0 Å². The molecule has 0 atom stereocenters. The molecule has 0 bridgehead atoms. The molecule has 4 rings (SSSR count). The molecule has 0 unspecified atom stereocenters. The van der Waals surface area contributed by atoms with Crippen molar-refractivity contribution < 1.29 is 4.39 Å². The molecule has 4 aromatic rings. The summed E-state index contributed by atoms with van der Waals surface area (Å²) in [6.45, 7) is 0. The van der Waals surface area contributed by atoms with Gasteiger partial charge in [-0.1, -0.05) is 60.7 Å². The maximum Gasteiger partial charge on any atom is 0.231 e. The van der Waals surface area contributed by atoms with E-state index < -0.39 is 0 Å². The predicted octanol–water partition coefficient (Wildman–Crippen LogP) is 5.09. The summed E-state index contributed by atoms with van der Waals surface area (Å²) in [5, 5.41) is 3.12. The van der Waals surface area contributed by atoms with E-state index in [1.165, 1.54) is 12.1 Å². The fraction of sp³-hybridized carbons (Fsp3) is 0. The summed E-state index contributed by atoms with van der Waals surface area (Å²) in [6.07, 6.45) is 0. The molecular formula is C21H15FN4. The van der Waals surface area contributed by atoms with E-state index >= 15 is 0 Å². The number of hydrogen-bond donors (Lipinski definition) is 1. The van der Waals surface area contributed by atoms with Gasteiger partial charge in [0.15, 0.2) is 11.6 Å². The number of benzene rings is 3. The predicted molar refractivity (Wildman–Crippen MR) is 100 cm³/mol. The van der Waals surface area contributed by atoms with Crippen molar-refractivity contribution in [1.82, 2.24) is 15.0 Å². The zero-order chi connectivity index (χ0) is 17.8. The molecule has 0 amide bonds. The molecule has 0 fully saturated rings. The van der Waals surface area contributed by atoms with Crippen LogP contribution in [0.4, 0.5) is 16.0 Å². The minimum atomic E-state index is -0.291. The molecule has 0 saturated carbocycles. The van der Waals surface area contributed by atoms with Crippen LogP contribution >= 0.6 is 0 Å². The third kappa shape index (κ3) is 3.57. The van der Waals surface area contributed by atoms with Crippen LogP contribution in [0.5, 0.6) is 0 Å². The normalized spacial score (nSPS) is 10.5. The smallest absolute Gasteiger partial charge is 0.231 e. The second kappa shape index (κ2) is 7.11. The van der Waals surface area contributed by atoms with Gasteiger partial charge in [0.05, 0.1) is 0 Å². The van der Waals surface area contributed by atoms with Gasteiger partial charge in [-0.25, -0.2) is 9.37 Å². The zero-order valence-corrected chi connectivity index (χ0v) is 13.8. The van der Waals surface area contributed by atoms with Crippen molar-refractivity contribution in [1.29, 1.82) is 0 Å². The molecular weight excluding hydrogens is 327 g/mol. The van der Waals surface area contributed by atoms with E-state index in [1.54, 1.807) is 12.1 Å². The van der Waals surface area contributed by atoms with E-state index in [0.29, 0.717) is 23.3 Å². The number of nitrogens with one attached hydrogen (secondary N) is 1. The molecule has 3 aromatic carbocycles. The third-order valence-electron chi connectivity index (χ3n) is 3.80. The fourth-order valence-electron chi connectivity index (χ4n) is 2.53. The summed E-state index contributed by atoms with van der Waals surface area (Å²) in [7, 11) is 0. The van der Waals surface area contributed by atoms with Crippen LogP contribution in [0.3, 0.4) is 0 Å². The Morgan fingerprint density at radius 1 is 0.577 bits per heavy atom. The highest BCUT2D eigenvalue weighted by Gasteiger charge is 2.10. The molecule has 1 heterocycles. The summed E-state index contributed by atoms with van der Waals surface area (Å²) in [6, 6.07) is 25.5. The Labute approximate surface area is 150 Å². The Bertz CT molecular complexity index is 945. The lowest BCUT2D eigenvalue weighted by Gasteiger charge is -2.09. The van der Waals surface area contributed by atoms with Crippen LogP contribution in [-0.2, 0) is 0 Å². The maximum atomic E-state index is 13.1. The largest absolute Gasteiger partial charge is 0.324 e. The molecule has 4 nitrogen and oxygen atoms in total. The minimum absolute atomic E-state index is 0.291. The number of rotatable bonds is 4. The van der Waals surface area contributed by atoms with E-state index in [-0.39, 0.29) is 5.82 Å². The average molecular weight is 342 g/mol. The molecule has 5 heteroatoms. The van der Waals surface area contributed by atoms with Crippen LogP contribution in [0.15, 0.2) is 84.9 Å². The molecule has 0 radical (unpaired) electrons. The Hall–Kier alpha value is -3.60. The summed E-state index contributed by atoms with van der Waals surface area (Å²) >= 11 is 0. The molecule has 0 aliphatic heterocycles. The number of aromatic nitrogens is 3. The lowest BCUT2D eigenvalue weighted by Crippen LogP contribution is -2.03. The van der Waals surface area contributed by atoms with Gasteiger partial charge in [-0.3, -0.25) is 0 Å². The molecule has 0 saturated heterocycles. The second-order valence-electron chi connectivity index (χ2n) is 5.67. The quantitative estimate of drug-likeness (QED) is 0.561. The number of anilines is 2. The average Bonchev–Trinajstić information content (AvgIpc) is 2.71. The summed E-state index contributed by atoms with van der Waals surface area (Å²) in [5.41, 5.74) is 2.50. The second-order valence-corrected chi connectivity index (χ2v) is 5.67. The first kappa shape index (κ1) is 15.9. The summed E-state index contributed by atoms with van der Waals surface area (Å²) in [5.74, 6) is 1.26. The number of nitrogens with zero attached hydrogens (tertiary/aromatic N) is 3. The van der Waals surface area contributed by atoms with Crippen molar-refractivity contribution in [2.24, 2.45) is 0 Å². The van der Waals surface area contributed by atoms with Gasteiger partial charge in [0.1, 0.15) is 5.82 Å². The van der Waals surface area contributed by atoms with Gasteiger partial charge in [0.25, 0.3) is 0 Å². The van der Waals surface area contributed by atoms with Crippen LogP contribution in [0.25, 0.3) is 22.8 Å². The van der Waals surface area contributed by atoms with Crippen LogP contribution in [0.2, 0.25) is 0 Å². The number of halogens is 1. The molecule has 26 heavy (non-hydrogen) atoms.